The zero-order chi connectivity index (χ0) is 36.0. The molecule has 0 unspecified atom stereocenters. The lowest BCUT2D eigenvalue weighted by molar-refractivity contribution is -0.151. The van der Waals surface area contributed by atoms with Gasteiger partial charge in [-0.15, -0.1) is 0 Å². The van der Waals surface area contributed by atoms with Gasteiger partial charge in [-0.25, -0.2) is 0 Å². The molecule has 7 N–H and O–H groups in total. The van der Waals surface area contributed by atoms with Gasteiger partial charge in [-0.1, -0.05) is 98.6 Å². The number of unbranched alkanes of at least 4 members (excludes halogenated alkanes) is 1. The third-order valence-corrected chi connectivity index (χ3v) is 8.58. The second-order valence-corrected chi connectivity index (χ2v) is 12.3. The minimum atomic E-state index is -1.38. The molecule has 0 saturated carbocycles. The molecular weight excluding hydrogens is 636 g/mol. The number of H-pyrrole nitrogens is 1. The average molecular weight is 683 g/mol. The second-order valence-electron chi connectivity index (χ2n) is 12.3. The third-order valence-electron chi connectivity index (χ3n) is 8.58. The van der Waals surface area contributed by atoms with Gasteiger partial charge in [0.1, 0.15) is 24.7 Å². The van der Waals surface area contributed by atoms with Gasteiger partial charge in [0.25, 0.3) is 0 Å². The Hall–Kier alpha value is -5.49. The Kier molecular flexibility index (Phi) is 13.7. The lowest BCUT2D eigenvalue weighted by Crippen LogP contribution is -2.58. The summed E-state index contributed by atoms with van der Waals surface area (Å²) in [6.45, 7) is 1.92. The second kappa shape index (κ2) is 18.3. The molecule has 4 atom stereocenters. The van der Waals surface area contributed by atoms with E-state index in [1.54, 1.807) is 48.5 Å². The molecule has 0 radical (unpaired) electrons. The van der Waals surface area contributed by atoms with Crippen molar-refractivity contribution < 1.29 is 28.7 Å². The van der Waals surface area contributed by atoms with Crippen molar-refractivity contribution in [3.05, 3.63) is 108 Å². The van der Waals surface area contributed by atoms with Gasteiger partial charge in [0.05, 0.1) is 12.5 Å². The number of para-hydroxylation sites is 1. The fourth-order valence-electron chi connectivity index (χ4n) is 5.67. The van der Waals surface area contributed by atoms with E-state index < -0.39 is 60.2 Å². The predicted octanol–water partition coefficient (Wildman–Crippen LogP) is 2.89. The summed E-state index contributed by atoms with van der Waals surface area (Å²) in [5.74, 6) is -3.41. The summed E-state index contributed by atoms with van der Waals surface area (Å²) in [6, 6.07) is 21.2. The van der Waals surface area contributed by atoms with Crippen LogP contribution in [0, 0.1) is 0 Å². The number of rotatable bonds is 18. The number of nitrogens with one attached hydrogen (secondary N) is 3. The van der Waals surface area contributed by atoms with E-state index in [0.29, 0.717) is 6.42 Å². The molecule has 264 valence electrons. The van der Waals surface area contributed by atoms with Gasteiger partial charge in [-0.3, -0.25) is 24.0 Å². The van der Waals surface area contributed by atoms with Crippen molar-refractivity contribution >= 4 is 40.5 Å². The standard InChI is InChI=1S/C38H46N6O6/c1-3-4-18-31(42-36(47)29(39)21-27-23-41-30-19-12-11-17-28(27)30)38(49)44(2)33(22-34(45)50-24-26-15-9-6-10-16-26)37(48)43-32(35(40)46)20-25-13-7-5-8-14-25/h5-17,19,23,29,31-33,41H,3-4,18,20-22,24,39H2,1-2H3,(H2,40,46)(H,42,47)(H,43,48)/t29-,31-,32-,33-/m0/s1. The van der Waals surface area contributed by atoms with E-state index in [1.807, 2.05) is 49.5 Å². The molecule has 50 heavy (non-hydrogen) atoms. The quantitative estimate of drug-likeness (QED) is 0.0997. The highest BCUT2D eigenvalue weighted by atomic mass is 16.5. The van der Waals surface area contributed by atoms with Crippen molar-refractivity contribution in [2.75, 3.05) is 7.05 Å². The van der Waals surface area contributed by atoms with E-state index >= 15 is 0 Å². The van der Waals surface area contributed by atoms with Crippen LogP contribution in [0.1, 0.15) is 49.3 Å². The van der Waals surface area contributed by atoms with Crippen molar-refractivity contribution in [1.82, 2.24) is 20.5 Å². The van der Waals surface area contributed by atoms with Gasteiger partial charge in [0.2, 0.25) is 23.6 Å². The van der Waals surface area contributed by atoms with E-state index in [2.05, 4.69) is 15.6 Å². The van der Waals surface area contributed by atoms with Crippen LogP contribution in [0.5, 0.6) is 0 Å². The summed E-state index contributed by atoms with van der Waals surface area (Å²) in [5.41, 5.74) is 15.3. The lowest BCUT2D eigenvalue weighted by Gasteiger charge is -2.31. The minimum Gasteiger partial charge on any atom is -0.461 e. The highest BCUT2D eigenvalue weighted by Gasteiger charge is 2.36. The molecule has 4 aromatic rings. The summed E-state index contributed by atoms with van der Waals surface area (Å²) in [7, 11) is 1.38. The molecule has 12 nitrogen and oxygen atoms in total. The van der Waals surface area contributed by atoms with Crippen LogP contribution < -0.4 is 22.1 Å². The molecule has 4 rings (SSSR count). The summed E-state index contributed by atoms with van der Waals surface area (Å²) >= 11 is 0. The zero-order valence-corrected chi connectivity index (χ0v) is 28.5. The number of amides is 4. The number of esters is 1. The number of nitrogens with two attached hydrogens (primary N) is 2. The van der Waals surface area contributed by atoms with E-state index in [-0.39, 0.29) is 25.9 Å². The molecule has 0 fully saturated rings. The first-order valence-electron chi connectivity index (χ1n) is 16.8. The molecule has 12 heteroatoms. The van der Waals surface area contributed by atoms with Crippen LogP contribution in [0.3, 0.4) is 0 Å². The number of likely N-dealkylation sites (N-methyl/N-ethyl adjacent to an activating group) is 1. The van der Waals surface area contributed by atoms with Crippen LogP contribution in [0.4, 0.5) is 0 Å². The molecule has 1 aromatic heterocycles. The smallest absolute Gasteiger partial charge is 0.308 e. The fraction of sp³-hybridized carbons (Fsp3) is 0.342. The molecule has 1 heterocycles. The van der Waals surface area contributed by atoms with Gasteiger partial charge in [-0.05, 0) is 35.6 Å². The van der Waals surface area contributed by atoms with Gasteiger partial charge in [0, 0.05) is 30.6 Å². The summed E-state index contributed by atoms with van der Waals surface area (Å²) < 4.78 is 5.45. The minimum absolute atomic E-state index is 0.0346. The SMILES string of the molecule is CCCC[C@H](NC(=O)[C@@H](N)Cc1c[nH]c2ccccc12)C(=O)N(C)[C@@H](CC(=O)OCc1ccccc1)C(=O)N[C@@H](Cc1ccccc1)C(N)=O. The maximum atomic E-state index is 14.1. The van der Waals surface area contributed by atoms with Gasteiger partial charge < -0.3 is 36.7 Å². The highest BCUT2D eigenvalue weighted by molar-refractivity contribution is 5.96. The van der Waals surface area contributed by atoms with Crippen LogP contribution in [0.25, 0.3) is 10.9 Å². The first-order valence-corrected chi connectivity index (χ1v) is 16.8. The van der Waals surface area contributed by atoms with Crippen LogP contribution in [0.15, 0.2) is 91.1 Å². The summed E-state index contributed by atoms with van der Waals surface area (Å²) in [5, 5.41) is 6.37. The van der Waals surface area contributed by atoms with Crippen molar-refractivity contribution in [3.8, 4) is 0 Å². The Balaban J connectivity index is 1.51. The third kappa shape index (κ3) is 10.5. The monoisotopic (exact) mass is 682 g/mol. The zero-order valence-electron chi connectivity index (χ0n) is 28.5. The number of fused-ring (bicyclic) bond motifs is 1. The topological polar surface area (TPSA) is 190 Å². The maximum absolute atomic E-state index is 14.1. The number of carbonyl (C=O) groups is 5. The molecule has 3 aromatic carbocycles. The van der Waals surface area contributed by atoms with Crippen LogP contribution in [-0.2, 0) is 48.2 Å². The van der Waals surface area contributed by atoms with E-state index in [9.17, 15) is 24.0 Å². The number of carbonyl (C=O) groups excluding carboxylic acids is 5. The highest BCUT2D eigenvalue weighted by Crippen LogP contribution is 2.19. The number of primary amides is 1. The van der Waals surface area contributed by atoms with E-state index in [4.69, 9.17) is 16.2 Å². The van der Waals surface area contributed by atoms with Crippen LogP contribution in [-0.4, -0.2) is 70.7 Å². The predicted molar refractivity (Wildman–Crippen MR) is 190 cm³/mol. The normalized spacial score (nSPS) is 13.4. The molecule has 0 bridgehead atoms. The van der Waals surface area contributed by atoms with Crippen molar-refractivity contribution in [1.29, 1.82) is 0 Å². The number of benzene rings is 3. The number of hydrogen-bond donors (Lipinski definition) is 5. The first-order chi connectivity index (χ1) is 24.1. The lowest BCUT2D eigenvalue weighted by atomic mass is 10.0. The summed E-state index contributed by atoms with van der Waals surface area (Å²) in [4.78, 5) is 71.1. The molecular formula is C38H46N6O6. The molecule has 0 aliphatic heterocycles. The Morgan fingerprint density at radius 2 is 1.44 bits per heavy atom. The first kappa shape index (κ1) is 37.3. The Bertz CT molecular complexity index is 1740. The van der Waals surface area contributed by atoms with Gasteiger partial charge in [-0.2, -0.15) is 0 Å². The maximum Gasteiger partial charge on any atom is 0.308 e. The molecule has 0 saturated heterocycles. The molecule has 4 amide bonds. The van der Waals surface area contributed by atoms with Crippen LogP contribution in [0.2, 0.25) is 0 Å². The fourth-order valence-corrected chi connectivity index (χ4v) is 5.67. The molecule has 0 aliphatic carbocycles. The number of hydrogen-bond acceptors (Lipinski definition) is 7. The number of aromatic amines is 1. The van der Waals surface area contributed by atoms with Gasteiger partial charge in [0.15, 0.2) is 0 Å². The molecule has 0 spiro atoms. The Morgan fingerprint density at radius 1 is 0.820 bits per heavy atom. The largest absolute Gasteiger partial charge is 0.461 e. The van der Waals surface area contributed by atoms with E-state index in [1.165, 1.54) is 7.05 Å². The van der Waals surface area contributed by atoms with Gasteiger partial charge >= 0.3 is 5.97 Å². The summed E-state index contributed by atoms with van der Waals surface area (Å²) in [6.07, 6.45) is 3.24. The Labute approximate surface area is 291 Å². The van der Waals surface area contributed by atoms with Crippen molar-refractivity contribution in [2.45, 2.75) is 76.2 Å². The number of aromatic nitrogens is 1. The Morgan fingerprint density at radius 3 is 2.10 bits per heavy atom. The van der Waals surface area contributed by atoms with Crippen molar-refractivity contribution in [3.63, 3.8) is 0 Å². The number of ether oxygens (including phenoxy) is 1. The molecule has 0 aliphatic rings. The van der Waals surface area contributed by atoms with Crippen molar-refractivity contribution in [2.24, 2.45) is 11.5 Å². The van der Waals surface area contributed by atoms with Crippen LogP contribution >= 0.6 is 0 Å². The average Bonchev–Trinajstić information content (AvgIpc) is 3.53. The number of nitrogens with zero attached hydrogens (tertiary/aromatic N) is 1. The van der Waals surface area contributed by atoms with E-state index in [0.717, 1.165) is 38.9 Å².